The Bertz CT molecular complexity index is 847. The van der Waals surface area contributed by atoms with Crippen molar-refractivity contribution in [2.24, 2.45) is 0 Å². The fourth-order valence-corrected chi connectivity index (χ4v) is 3.10. The number of ketones is 1. The highest BCUT2D eigenvalue weighted by atomic mass is 19.1. The number of unbranched alkanes of at least 4 members (excludes halogenated alkanes) is 1. The van der Waals surface area contributed by atoms with Crippen LogP contribution in [0.2, 0.25) is 0 Å². The fourth-order valence-electron chi connectivity index (χ4n) is 3.10. The van der Waals surface area contributed by atoms with E-state index >= 15 is 0 Å². The molecule has 1 amide bonds. The van der Waals surface area contributed by atoms with Gasteiger partial charge in [-0.05, 0) is 36.2 Å². The number of aliphatic hydroxyl groups is 1. The molecule has 0 saturated carbocycles. The summed E-state index contributed by atoms with van der Waals surface area (Å²) in [4.78, 5) is 30.5. The zero-order valence-electron chi connectivity index (χ0n) is 14.4. The Balaban J connectivity index is 2.15. The quantitative estimate of drug-likeness (QED) is 0.507. The van der Waals surface area contributed by atoms with Crippen LogP contribution in [0.15, 0.2) is 54.4 Å². The molecular weight excluding hydrogens is 335 g/mol. The van der Waals surface area contributed by atoms with Crippen molar-refractivity contribution in [3.05, 3.63) is 71.3 Å². The third-order valence-corrected chi connectivity index (χ3v) is 4.43. The summed E-state index contributed by atoms with van der Waals surface area (Å²) >= 11 is 0. The molecule has 3 rings (SSSR count). The maximum absolute atomic E-state index is 13.3. The molecule has 1 aliphatic heterocycles. The van der Waals surface area contributed by atoms with Crippen molar-refractivity contribution in [2.75, 3.05) is 6.54 Å². The van der Waals surface area contributed by atoms with Crippen LogP contribution in [0.5, 0.6) is 0 Å². The SMILES string of the molecule is CCCCN1C(=O)C(=O)/C(=C(\O)c2ccncc2)C1c1ccc(F)cc1. The molecule has 26 heavy (non-hydrogen) atoms. The molecule has 1 aliphatic rings. The number of Topliss-reactive ketones (excluding diaryl/α,β-unsaturated/α-hetero) is 1. The van der Waals surface area contributed by atoms with E-state index in [-0.39, 0.29) is 11.3 Å². The number of hydrogen-bond acceptors (Lipinski definition) is 4. The minimum atomic E-state index is -0.740. The molecule has 0 spiro atoms. The number of nitrogens with zero attached hydrogens (tertiary/aromatic N) is 2. The molecule has 2 aromatic rings. The lowest BCUT2D eigenvalue weighted by atomic mass is 9.95. The van der Waals surface area contributed by atoms with E-state index in [0.717, 1.165) is 12.8 Å². The second-order valence-corrected chi connectivity index (χ2v) is 6.13. The summed E-state index contributed by atoms with van der Waals surface area (Å²) in [5.74, 6) is -2.04. The minimum absolute atomic E-state index is 0.0175. The highest BCUT2D eigenvalue weighted by Crippen LogP contribution is 2.39. The number of carbonyl (C=O) groups is 2. The summed E-state index contributed by atoms with van der Waals surface area (Å²) in [6, 6.07) is 8.02. The molecule has 1 atom stereocenters. The highest BCUT2D eigenvalue weighted by molar-refractivity contribution is 6.46. The molecule has 1 aromatic heterocycles. The molecule has 1 fully saturated rings. The molecule has 134 valence electrons. The lowest BCUT2D eigenvalue weighted by molar-refractivity contribution is -0.139. The number of benzene rings is 1. The van der Waals surface area contributed by atoms with Gasteiger partial charge in [0.25, 0.3) is 11.7 Å². The van der Waals surface area contributed by atoms with E-state index in [4.69, 9.17) is 0 Å². The van der Waals surface area contributed by atoms with Gasteiger partial charge in [-0.1, -0.05) is 25.5 Å². The number of rotatable bonds is 5. The van der Waals surface area contributed by atoms with Crippen LogP contribution < -0.4 is 0 Å². The summed E-state index contributed by atoms with van der Waals surface area (Å²) in [5, 5.41) is 10.7. The number of halogens is 1. The van der Waals surface area contributed by atoms with Gasteiger partial charge in [0.05, 0.1) is 11.6 Å². The highest BCUT2D eigenvalue weighted by Gasteiger charge is 2.45. The van der Waals surface area contributed by atoms with Crippen LogP contribution in [0.4, 0.5) is 4.39 Å². The van der Waals surface area contributed by atoms with Crippen LogP contribution >= 0.6 is 0 Å². The zero-order valence-corrected chi connectivity index (χ0v) is 14.4. The van der Waals surface area contributed by atoms with Crippen LogP contribution in [0.25, 0.3) is 5.76 Å². The van der Waals surface area contributed by atoms with Gasteiger partial charge in [0, 0.05) is 24.5 Å². The van der Waals surface area contributed by atoms with Crippen molar-refractivity contribution < 1.29 is 19.1 Å². The number of carbonyl (C=O) groups excluding carboxylic acids is 2. The van der Waals surface area contributed by atoms with E-state index in [1.807, 2.05) is 6.92 Å². The monoisotopic (exact) mass is 354 g/mol. The Labute approximate surface area is 150 Å². The molecule has 2 heterocycles. The number of amides is 1. The molecule has 6 heteroatoms. The first-order valence-corrected chi connectivity index (χ1v) is 8.49. The molecule has 1 unspecified atom stereocenters. The Morgan fingerprint density at radius 3 is 2.42 bits per heavy atom. The van der Waals surface area contributed by atoms with E-state index in [1.54, 1.807) is 12.1 Å². The van der Waals surface area contributed by atoms with Crippen molar-refractivity contribution in [2.45, 2.75) is 25.8 Å². The van der Waals surface area contributed by atoms with Gasteiger partial charge in [-0.25, -0.2) is 4.39 Å². The molecule has 1 N–H and O–H groups in total. The largest absolute Gasteiger partial charge is 0.507 e. The normalized spacial score (nSPS) is 19.2. The maximum Gasteiger partial charge on any atom is 0.295 e. The van der Waals surface area contributed by atoms with Gasteiger partial charge in [0.15, 0.2) is 0 Å². The van der Waals surface area contributed by atoms with Crippen LogP contribution in [-0.4, -0.2) is 33.2 Å². The summed E-state index contributed by atoms with van der Waals surface area (Å²) < 4.78 is 13.3. The van der Waals surface area contributed by atoms with Crippen molar-refractivity contribution in [3.8, 4) is 0 Å². The summed E-state index contributed by atoms with van der Waals surface area (Å²) in [5.41, 5.74) is 1.00. The van der Waals surface area contributed by atoms with Gasteiger partial charge in [0.2, 0.25) is 0 Å². The zero-order chi connectivity index (χ0) is 18.7. The second-order valence-electron chi connectivity index (χ2n) is 6.13. The first kappa shape index (κ1) is 17.8. The molecule has 0 aliphatic carbocycles. The number of hydrogen-bond donors (Lipinski definition) is 1. The van der Waals surface area contributed by atoms with E-state index in [9.17, 15) is 19.1 Å². The lowest BCUT2D eigenvalue weighted by Gasteiger charge is -2.25. The van der Waals surface area contributed by atoms with Gasteiger partial charge in [-0.15, -0.1) is 0 Å². The lowest BCUT2D eigenvalue weighted by Crippen LogP contribution is -2.30. The number of pyridine rings is 1. The Hall–Kier alpha value is -3.02. The number of aliphatic hydroxyl groups excluding tert-OH is 1. The van der Waals surface area contributed by atoms with E-state index in [1.165, 1.54) is 41.6 Å². The van der Waals surface area contributed by atoms with Crippen LogP contribution in [0, 0.1) is 5.82 Å². The first-order valence-electron chi connectivity index (χ1n) is 8.49. The third-order valence-electron chi connectivity index (χ3n) is 4.43. The molecule has 0 bridgehead atoms. The van der Waals surface area contributed by atoms with E-state index < -0.39 is 23.5 Å². The van der Waals surface area contributed by atoms with Crippen molar-refractivity contribution in [3.63, 3.8) is 0 Å². The molecule has 1 aromatic carbocycles. The average Bonchev–Trinajstić information content (AvgIpc) is 2.91. The van der Waals surface area contributed by atoms with Crippen molar-refractivity contribution in [1.82, 2.24) is 9.88 Å². The topological polar surface area (TPSA) is 70.5 Å². The van der Waals surface area contributed by atoms with Gasteiger partial charge >= 0.3 is 0 Å². The predicted octanol–water partition coefficient (Wildman–Crippen LogP) is 3.44. The summed E-state index contributed by atoms with van der Waals surface area (Å²) in [6.45, 7) is 2.37. The smallest absolute Gasteiger partial charge is 0.295 e. The van der Waals surface area contributed by atoms with Gasteiger partial charge in [-0.3, -0.25) is 14.6 Å². The standard InChI is InChI=1S/C20H19FN2O3/c1-2-3-12-23-17(13-4-6-15(21)7-5-13)16(19(25)20(23)26)18(24)14-8-10-22-11-9-14/h4-11,17,24H,2-3,12H2,1H3/b18-16-. The molecular formula is C20H19FN2O3. The number of likely N-dealkylation sites (tertiary alicyclic amines) is 1. The Kier molecular flexibility index (Phi) is 5.11. The molecule has 1 saturated heterocycles. The minimum Gasteiger partial charge on any atom is -0.507 e. The van der Waals surface area contributed by atoms with Gasteiger partial charge < -0.3 is 10.0 Å². The fraction of sp³-hybridized carbons (Fsp3) is 0.250. The van der Waals surface area contributed by atoms with Crippen LogP contribution in [0.3, 0.4) is 0 Å². The van der Waals surface area contributed by atoms with E-state index in [0.29, 0.717) is 17.7 Å². The third kappa shape index (κ3) is 3.22. The number of aromatic nitrogens is 1. The van der Waals surface area contributed by atoms with Gasteiger partial charge in [-0.2, -0.15) is 0 Å². The molecule has 5 nitrogen and oxygen atoms in total. The predicted molar refractivity (Wildman–Crippen MR) is 94.6 cm³/mol. The average molecular weight is 354 g/mol. The van der Waals surface area contributed by atoms with Crippen molar-refractivity contribution >= 4 is 17.4 Å². The Morgan fingerprint density at radius 1 is 1.15 bits per heavy atom. The van der Waals surface area contributed by atoms with E-state index in [2.05, 4.69) is 4.98 Å². The van der Waals surface area contributed by atoms with Crippen molar-refractivity contribution in [1.29, 1.82) is 0 Å². The molecule has 0 radical (unpaired) electrons. The van der Waals surface area contributed by atoms with Crippen LogP contribution in [0.1, 0.15) is 36.9 Å². The second kappa shape index (κ2) is 7.47. The summed E-state index contributed by atoms with van der Waals surface area (Å²) in [6.07, 6.45) is 4.56. The van der Waals surface area contributed by atoms with Gasteiger partial charge in [0.1, 0.15) is 11.6 Å². The maximum atomic E-state index is 13.3. The Morgan fingerprint density at radius 2 is 1.81 bits per heavy atom. The van der Waals surface area contributed by atoms with Crippen LogP contribution in [-0.2, 0) is 9.59 Å². The first-order chi connectivity index (χ1) is 12.5. The summed E-state index contributed by atoms with van der Waals surface area (Å²) in [7, 11) is 0.